The van der Waals surface area contributed by atoms with Crippen LogP contribution >= 0.6 is 39.9 Å². The lowest BCUT2D eigenvalue weighted by Gasteiger charge is -2.27. The molecule has 1 saturated heterocycles. The molecule has 0 spiro atoms. The third-order valence-corrected chi connectivity index (χ3v) is 3.54. The minimum Gasteiger partial charge on any atom is -0.378 e. The Morgan fingerprint density at radius 2 is 2.11 bits per heavy atom. The van der Waals surface area contributed by atoms with Gasteiger partial charge in [0.15, 0.2) is 5.96 Å². The van der Waals surface area contributed by atoms with Gasteiger partial charge >= 0.3 is 0 Å². The number of nitrogens with two attached hydrogens (primary N) is 1. The zero-order valence-corrected chi connectivity index (χ0v) is 14.9. The van der Waals surface area contributed by atoms with Gasteiger partial charge in [0.05, 0.1) is 19.8 Å². The number of nitrogens with zero attached hydrogens (tertiary/aromatic N) is 2. The van der Waals surface area contributed by atoms with E-state index in [1.807, 2.05) is 6.07 Å². The molecule has 0 aliphatic carbocycles. The van der Waals surface area contributed by atoms with E-state index in [1.54, 1.807) is 0 Å². The smallest absolute Gasteiger partial charge is 0.191 e. The van der Waals surface area contributed by atoms with E-state index in [1.165, 1.54) is 11.1 Å². The molecule has 0 unspecified atom stereocenters. The quantitative estimate of drug-likeness (QED) is 0.437. The summed E-state index contributed by atoms with van der Waals surface area (Å²) in [6.45, 7) is 5.83. The molecule has 1 fully saturated rings. The molecule has 6 heteroatoms. The monoisotopic (exact) mass is 439 g/mol. The fourth-order valence-electron chi connectivity index (χ4n) is 1.90. The normalized spacial score (nSPS) is 16.1. The van der Waals surface area contributed by atoms with Gasteiger partial charge in [-0.1, -0.05) is 22.0 Å². The van der Waals surface area contributed by atoms with Crippen LogP contribution in [0.1, 0.15) is 11.1 Å². The highest BCUT2D eigenvalue weighted by Gasteiger charge is 2.11. The van der Waals surface area contributed by atoms with Gasteiger partial charge in [0, 0.05) is 17.6 Å². The third kappa shape index (κ3) is 4.92. The Bertz CT molecular complexity index is 448. The number of aryl methyl sites for hydroxylation is 1. The number of hydrogen-bond acceptors (Lipinski definition) is 2. The summed E-state index contributed by atoms with van der Waals surface area (Å²) in [5, 5.41) is 0. The largest absolute Gasteiger partial charge is 0.378 e. The van der Waals surface area contributed by atoms with Crippen LogP contribution in [0.25, 0.3) is 0 Å². The third-order valence-electron chi connectivity index (χ3n) is 3.05. The van der Waals surface area contributed by atoms with Crippen LogP contribution in [0.4, 0.5) is 0 Å². The van der Waals surface area contributed by atoms with E-state index < -0.39 is 0 Å². The summed E-state index contributed by atoms with van der Waals surface area (Å²) < 4.78 is 6.38. The molecule has 0 saturated carbocycles. The van der Waals surface area contributed by atoms with Gasteiger partial charge in [0.1, 0.15) is 0 Å². The Kier molecular flexibility index (Phi) is 7.09. The minimum atomic E-state index is 0. The Hall–Kier alpha value is -0.340. The summed E-state index contributed by atoms with van der Waals surface area (Å²) in [5.74, 6) is 0.612. The van der Waals surface area contributed by atoms with Gasteiger partial charge in [-0.25, -0.2) is 4.99 Å². The zero-order chi connectivity index (χ0) is 13.0. The second-order valence-electron chi connectivity index (χ2n) is 4.34. The average molecular weight is 440 g/mol. The highest BCUT2D eigenvalue weighted by atomic mass is 127. The first-order valence-electron chi connectivity index (χ1n) is 6.04. The van der Waals surface area contributed by atoms with E-state index in [-0.39, 0.29) is 24.0 Å². The molecule has 1 heterocycles. The molecule has 1 aromatic carbocycles. The Morgan fingerprint density at radius 1 is 1.42 bits per heavy atom. The minimum absolute atomic E-state index is 0. The van der Waals surface area contributed by atoms with Gasteiger partial charge in [-0.15, -0.1) is 24.0 Å². The number of aliphatic imine (C=N–C) groups is 1. The zero-order valence-electron chi connectivity index (χ0n) is 10.9. The molecule has 0 atom stereocenters. The van der Waals surface area contributed by atoms with Gasteiger partial charge < -0.3 is 15.4 Å². The van der Waals surface area contributed by atoms with Crippen LogP contribution in [-0.2, 0) is 11.3 Å². The molecule has 0 aromatic heterocycles. The average Bonchev–Trinajstić information content (AvgIpc) is 2.38. The van der Waals surface area contributed by atoms with Crippen molar-refractivity contribution in [3.63, 3.8) is 0 Å². The molecule has 1 aliphatic heterocycles. The van der Waals surface area contributed by atoms with E-state index in [2.05, 4.69) is 44.9 Å². The van der Waals surface area contributed by atoms with Crippen LogP contribution < -0.4 is 5.73 Å². The van der Waals surface area contributed by atoms with Crippen LogP contribution in [0.5, 0.6) is 0 Å². The molecule has 1 aliphatic rings. The number of guanidine groups is 1. The van der Waals surface area contributed by atoms with Crippen molar-refractivity contribution in [2.75, 3.05) is 26.3 Å². The summed E-state index contributed by atoms with van der Waals surface area (Å²) in [6, 6.07) is 6.20. The van der Waals surface area contributed by atoms with E-state index in [0.717, 1.165) is 30.8 Å². The molecule has 0 amide bonds. The molecular formula is C13H19BrIN3O. The first-order valence-corrected chi connectivity index (χ1v) is 6.84. The van der Waals surface area contributed by atoms with Crippen LogP contribution in [0.15, 0.2) is 27.7 Å². The fourth-order valence-corrected chi connectivity index (χ4v) is 2.37. The van der Waals surface area contributed by atoms with Crippen LogP contribution in [0.3, 0.4) is 0 Å². The molecule has 4 nitrogen and oxygen atoms in total. The van der Waals surface area contributed by atoms with Crippen molar-refractivity contribution in [1.29, 1.82) is 0 Å². The number of rotatable bonds is 2. The maximum atomic E-state index is 5.99. The fraction of sp³-hybridized carbons (Fsp3) is 0.462. The lowest BCUT2D eigenvalue weighted by Crippen LogP contribution is -2.44. The van der Waals surface area contributed by atoms with E-state index in [4.69, 9.17) is 10.5 Å². The van der Waals surface area contributed by atoms with E-state index >= 15 is 0 Å². The highest BCUT2D eigenvalue weighted by Crippen LogP contribution is 2.16. The van der Waals surface area contributed by atoms with Crippen molar-refractivity contribution in [3.8, 4) is 0 Å². The van der Waals surface area contributed by atoms with Crippen molar-refractivity contribution in [1.82, 2.24) is 4.90 Å². The van der Waals surface area contributed by atoms with Crippen LogP contribution in [0.2, 0.25) is 0 Å². The number of morpholine rings is 1. The lowest BCUT2D eigenvalue weighted by atomic mass is 10.1. The molecule has 1 aromatic rings. The molecule has 2 rings (SSSR count). The predicted octanol–water partition coefficient (Wildman–Crippen LogP) is 2.52. The molecule has 106 valence electrons. The topological polar surface area (TPSA) is 50.8 Å². The molecule has 0 bridgehead atoms. The van der Waals surface area contributed by atoms with Gasteiger partial charge in [-0.05, 0) is 30.2 Å². The van der Waals surface area contributed by atoms with Crippen molar-refractivity contribution in [3.05, 3.63) is 33.8 Å². The molecule has 2 N–H and O–H groups in total. The maximum Gasteiger partial charge on any atom is 0.191 e. The first-order chi connectivity index (χ1) is 8.66. The summed E-state index contributed by atoms with van der Waals surface area (Å²) in [7, 11) is 0. The van der Waals surface area contributed by atoms with Crippen molar-refractivity contribution < 1.29 is 4.74 Å². The van der Waals surface area contributed by atoms with Crippen molar-refractivity contribution >= 4 is 45.9 Å². The second-order valence-corrected chi connectivity index (χ2v) is 5.26. The molecular weight excluding hydrogens is 421 g/mol. The standard InChI is InChI=1S/C13H18BrN3O.HI/c1-10-8-12(14)3-2-11(10)9-16-13(15)17-4-6-18-7-5-17;/h2-3,8H,4-7,9H2,1H3,(H2,15,16);1H. The van der Waals surface area contributed by atoms with Gasteiger partial charge in [-0.2, -0.15) is 0 Å². The van der Waals surface area contributed by atoms with Crippen LogP contribution in [-0.4, -0.2) is 37.2 Å². The molecule has 0 radical (unpaired) electrons. The number of ether oxygens (including phenoxy) is 1. The summed E-state index contributed by atoms with van der Waals surface area (Å²) in [5.41, 5.74) is 8.42. The van der Waals surface area contributed by atoms with Crippen molar-refractivity contribution in [2.45, 2.75) is 13.5 Å². The van der Waals surface area contributed by atoms with E-state index in [9.17, 15) is 0 Å². The maximum absolute atomic E-state index is 5.99. The number of halogens is 2. The molecule has 19 heavy (non-hydrogen) atoms. The summed E-state index contributed by atoms with van der Waals surface area (Å²) in [6.07, 6.45) is 0. The van der Waals surface area contributed by atoms with Crippen LogP contribution in [0, 0.1) is 6.92 Å². The number of hydrogen-bond donors (Lipinski definition) is 1. The van der Waals surface area contributed by atoms with Crippen molar-refractivity contribution in [2.24, 2.45) is 10.7 Å². The van der Waals surface area contributed by atoms with Gasteiger partial charge in [0.2, 0.25) is 0 Å². The SMILES string of the molecule is Cc1cc(Br)ccc1CN=C(N)N1CCOCC1.I. The Balaban J connectivity index is 0.00000180. The summed E-state index contributed by atoms with van der Waals surface area (Å²) >= 11 is 3.46. The van der Waals surface area contributed by atoms with Gasteiger partial charge in [0.25, 0.3) is 0 Å². The highest BCUT2D eigenvalue weighted by molar-refractivity contribution is 14.0. The van der Waals surface area contributed by atoms with Gasteiger partial charge in [-0.3, -0.25) is 0 Å². The lowest BCUT2D eigenvalue weighted by molar-refractivity contribution is 0.0674. The Labute approximate surface area is 139 Å². The summed E-state index contributed by atoms with van der Waals surface area (Å²) in [4.78, 5) is 6.53. The second kappa shape index (κ2) is 8.06. The first kappa shape index (κ1) is 16.7. The number of benzene rings is 1. The Morgan fingerprint density at radius 3 is 2.74 bits per heavy atom. The predicted molar refractivity (Wildman–Crippen MR) is 92.0 cm³/mol. The van der Waals surface area contributed by atoms with E-state index in [0.29, 0.717) is 12.5 Å².